The molecule has 0 atom stereocenters. The van der Waals surface area contributed by atoms with E-state index in [1.165, 1.54) is 37.1 Å². The lowest BCUT2D eigenvalue weighted by molar-refractivity contribution is 0.442. The zero-order valence-electron chi connectivity index (χ0n) is 13.8. The number of benzene rings is 1. The summed E-state index contributed by atoms with van der Waals surface area (Å²) in [6.45, 7) is 0. The minimum absolute atomic E-state index is 0.427. The maximum absolute atomic E-state index is 6.15. The Labute approximate surface area is 156 Å². The first-order valence-electron chi connectivity index (χ1n) is 8.65. The molecule has 1 fully saturated rings. The highest BCUT2D eigenvalue weighted by Gasteiger charge is 2.23. The summed E-state index contributed by atoms with van der Waals surface area (Å²) in [6.07, 6.45) is 8.03. The highest BCUT2D eigenvalue weighted by molar-refractivity contribution is 7.14. The lowest BCUT2D eigenvalue weighted by Gasteiger charge is -2.18. The standard InChI is InChI=1S/C20H19ClN2OS/c21-17-13-16(11-12-22-17)24-20-18(14-7-3-1-4-8-14)23-19(25-20)15-9-5-2-6-10-15/h1,3-4,7-8,11-13,15H,2,5-6,9-10H2. The van der Waals surface area contributed by atoms with Crippen molar-refractivity contribution >= 4 is 22.9 Å². The van der Waals surface area contributed by atoms with E-state index in [0.717, 1.165) is 16.3 Å². The molecule has 2 heterocycles. The zero-order chi connectivity index (χ0) is 17.1. The molecule has 1 aliphatic rings. The summed E-state index contributed by atoms with van der Waals surface area (Å²) in [7, 11) is 0. The largest absolute Gasteiger partial charge is 0.444 e. The SMILES string of the molecule is Clc1cc(Oc2sc(C3CCCCC3)nc2-c2ccccc2)ccn1. The molecule has 1 saturated carbocycles. The van der Waals surface area contributed by atoms with Crippen LogP contribution in [0.1, 0.15) is 43.0 Å². The zero-order valence-corrected chi connectivity index (χ0v) is 15.4. The van der Waals surface area contributed by atoms with Gasteiger partial charge in [-0.05, 0) is 18.9 Å². The van der Waals surface area contributed by atoms with Gasteiger partial charge in [-0.25, -0.2) is 9.97 Å². The molecular weight excluding hydrogens is 352 g/mol. The fourth-order valence-corrected chi connectivity index (χ4v) is 4.54. The molecule has 2 aromatic heterocycles. The molecule has 1 aromatic carbocycles. The fraction of sp³-hybridized carbons (Fsp3) is 0.300. The normalized spacial score (nSPS) is 15.2. The number of nitrogens with zero attached hydrogens (tertiary/aromatic N) is 2. The molecule has 5 heteroatoms. The maximum atomic E-state index is 6.15. The molecule has 1 aliphatic carbocycles. The van der Waals surface area contributed by atoms with Gasteiger partial charge in [-0.3, -0.25) is 0 Å². The van der Waals surface area contributed by atoms with Crippen LogP contribution in [0.15, 0.2) is 48.7 Å². The van der Waals surface area contributed by atoms with Crippen molar-refractivity contribution in [1.82, 2.24) is 9.97 Å². The van der Waals surface area contributed by atoms with Gasteiger partial charge in [0.25, 0.3) is 0 Å². The Bertz CT molecular complexity index is 844. The molecular formula is C20H19ClN2OS. The number of pyridine rings is 1. The molecule has 128 valence electrons. The maximum Gasteiger partial charge on any atom is 0.208 e. The van der Waals surface area contributed by atoms with Crippen molar-refractivity contribution in [3.63, 3.8) is 0 Å². The molecule has 4 rings (SSSR count). The van der Waals surface area contributed by atoms with Crippen LogP contribution >= 0.6 is 22.9 Å². The Morgan fingerprint density at radius 2 is 1.84 bits per heavy atom. The molecule has 0 unspecified atom stereocenters. The van der Waals surface area contributed by atoms with E-state index in [1.807, 2.05) is 24.3 Å². The van der Waals surface area contributed by atoms with Gasteiger partial charge in [0, 0.05) is 23.7 Å². The van der Waals surface area contributed by atoms with Gasteiger partial charge in [-0.15, -0.1) is 0 Å². The Hall–Kier alpha value is -1.91. The predicted molar refractivity (Wildman–Crippen MR) is 103 cm³/mol. The van der Waals surface area contributed by atoms with Crippen LogP contribution in [0.5, 0.6) is 10.8 Å². The van der Waals surface area contributed by atoms with Crippen LogP contribution in [0.25, 0.3) is 11.3 Å². The summed E-state index contributed by atoms with van der Waals surface area (Å²) in [4.78, 5) is 8.98. The fourth-order valence-electron chi connectivity index (χ4n) is 3.25. The quantitative estimate of drug-likeness (QED) is 0.479. The summed E-state index contributed by atoms with van der Waals surface area (Å²) in [5.41, 5.74) is 2.00. The van der Waals surface area contributed by atoms with Gasteiger partial charge in [0.1, 0.15) is 21.6 Å². The molecule has 0 N–H and O–H groups in total. The van der Waals surface area contributed by atoms with Crippen molar-refractivity contribution < 1.29 is 4.74 Å². The molecule has 25 heavy (non-hydrogen) atoms. The first kappa shape index (κ1) is 16.6. The highest BCUT2D eigenvalue weighted by atomic mass is 35.5. The topological polar surface area (TPSA) is 35.0 Å². The first-order chi connectivity index (χ1) is 12.3. The number of halogens is 1. The van der Waals surface area contributed by atoms with Gasteiger partial charge in [0.05, 0.1) is 0 Å². The van der Waals surface area contributed by atoms with Gasteiger partial charge in [0.15, 0.2) is 0 Å². The summed E-state index contributed by atoms with van der Waals surface area (Å²) in [6, 6.07) is 13.8. The number of hydrogen-bond donors (Lipinski definition) is 0. The monoisotopic (exact) mass is 370 g/mol. The minimum atomic E-state index is 0.427. The number of thiazole rings is 1. The summed E-state index contributed by atoms with van der Waals surface area (Å²) >= 11 is 7.66. The van der Waals surface area contributed by atoms with Gasteiger partial charge in [-0.1, -0.05) is 72.5 Å². The molecule has 3 aromatic rings. The average Bonchev–Trinajstić information content (AvgIpc) is 3.07. The molecule has 0 aliphatic heterocycles. The van der Waals surface area contributed by atoms with Gasteiger partial charge in [0.2, 0.25) is 5.06 Å². The lowest BCUT2D eigenvalue weighted by Crippen LogP contribution is -2.03. The second-order valence-corrected chi connectivity index (χ2v) is 7.69. The highest BCUT2D eigenvalue weighted by Crippen LogP contribution is 2.44. The Morgan fingerprint density at radius 3 is 2.60 bits per heavy atom. The first-order valence-corrected chi connectivity index (χ1v) is 9.84. The number of ether oxygens (including phenoxy) is 1. The third-order valence-corrected chi connectivity index (χ3v) is 5.83. The summed E-state index contributed by atoms with van der Waals surface area (Å²) in [5, 5.41) is 2.44. The van der Waals surface area contributed by atoms with Crippen LogP contribution in [0.2, 0.25) is 5.15 Å². The van der Waals surface area contributed by atoms with Crippen molar-refractivity contribution in [1.29, 1.82) is 0 Å². The van der Waals surface area contributed by atoms with Gasteiger partial charge < -0.3 is 4.74 Å². The van der Waals surface area contributed by atoms with E-state index in [1.54, 1.807) is 23.6 Å². The number of hydrogen-bond acceptors (Lipinski definition) is 4. The van der Waals surface area contributed by atoms with E-state index < -0.39 is 0 Å². The van der Waals surface area contributed by atoms with E-state index in [9.17, 15) is 0 Å². The van der Waals surface area contributed by atoms with Crippen molar-refractivity contribution in [2.75, 3.05) is 0 Å². The number of aromatic nitrogens is 2. The molecule has 0 radical (unpaired) electrons. The van der Waals surface area contributed by atoms with Crippen LogP contribution in [0.4, 0.5) is 0 Å². The lowest BCUT2D eigenvalue weighted by atomic mass is 9.90. The predicted octanol–water partition coefficient (Wildman–Crippen LogP) is 6.70. The van der Waals surface area contributed by atoms with Crippen LogP contribution in [0.3, 0.4) is 0 Å². The van der Waals surface area contributed by atoms with Gasteiger partial charge in [-0.2, -0.15) is 0 Å². The minimum Gasteiger partial charge on any atom is -0.444 e. The van der Waals surface area contributed by atoms with E-state index >= 15 is 0 Å². The van der Waals surface area contributed by atoms with Crippen LogP contribution < -0.4 is 4.74 Å². The molecule has 0 bridgehead atoms. The van der Waals surface area contributed by atoms with E-state index in [4.69, 9.17) is 21.3 Å². The second-order valence-electron chi connectivity index (χ2n) is 6.31. The molecule has 0 spiro atoms. The van der Waals surface area contributed by atoms with Crippen molar-refractivity contribution in [3.05, 3.63) is 58.8 Å². The summed E-state index contributed by atoms with van der Waals surface area (Å²) in [5.74, 6) is 1.25. The summed E-state index contributed by atoms with van der Waals surface area (Å²) < 4.78 is 6.15. The smallest absolute Gasteiger partial charge is 0.208 e. The molecule has 0 amide bonds. The van der Waals surface area contributed by atoms with Crippen LogP contribution in [-0.2, 0) is 0 Å². The Kier molecular flexibility index (Phi) is 4.99. The van der Waals surface area contributed by atoms with Crippen LogP contribution in [-0.4, -0.2) is 9.97 Å². The van der Waals surface area contributed by atoms with E-state index in [-0.39, 0.29) is 0 Å². The average molecular weight is 371 g/mol. The third kappa shape index (κ3) is 3.86. The molecule has 0 saturated heterocycles. The van der Waals surface area contributed by atoms with E-state index in [0.29, 0.717) is 16.8 Å². The van der Waals surface area contributed by atoms with E-state index in [2.05, 4.69) is 17.1 Å². The second kappa shape index (κ2) is 7.54. The third-order valence-electron chi connectivity index (χ3n) is 4.52. The van der Waals surface area contributed by atoms with Crippen molar-refractivity contribution in [2.24, 2.45) is 0 Å². The van der Waals surface area contributed by atoms with Crippen LogP contribution in [0, 0.1) is 0 Å². The van der Waals surface area contributed by atoms with Crippen molar-refractivity contribution in [2.45, 2.75) is 38.0 Å². The molecule has 3 nitrogen and oxygen atoms in total. The van der Waals surface area contributed by atoms with Gasteiger partial charge >= 0.3 is 0 Å². The van der Waals surface area contributed by atoms with Crippen molar-refractivity contribution in [3.8, 4) is 22.1 Å². The number of rotatable bonds is 4. The Balaban J connectivity index is 1.71. The Morgan fingerprint density at radius 1 is 1.04 bits per heavy atom.